The normalized spacial score (nSPS) is 26.4. The Morgan fingerprint density at radius 3 is 2.67 bits per heavy atom. The molecule has 2 aliphatic rings. The molecule has 6 nitrogen and oxygen atoms in total. The number of benzene rings is 1. The van der Waals surface area contributed by atoms with Crippen LogP contribution in [0.15, 0.2) is 18.2 Å². The van der Waals surface area contributed by atoms with Gasteiger partial charge in [0.1, 0.15) is 17.7 Å². The average Bonchev–Trinajstić information content (AvgIpc) is 2.59. The fourth-order valence-electron chi connectivity index (χ4n) is 3.43. The summed E-state index contributed by atoms with van der Waals surface area (Å²) in [6, 6.07) is 3.88. The Labute approximate surface area is 139 Å². The van der Waals surface area contributed by atoms with Gasteiger partial charge in [-0.2, -0.15) is 0 Å². The lowest BCUT2D eigenvalue weighted by molar-refractivity contribution is -0.185. The molecular formula is C17H22FNO5. The molecule has 1 aromatic rings. The molecule has 7 heteroatoms. The summed E-state index contributed by atoms with van der Waals surface area (Å²) in [5, 5.41) is 19.5. The van der Waals surface area contributed by atoms with Crippen LogP contribution in [0.1, 0.15) is 29.6 Å². The lowest BCUT2D eigenvalue weighted by Crippen LogP contribution is -2.55. The van der Waals surface area contributed by atoms with Gasteiger partial charge in [-0.25, -0.2) is 4.39 Å². The van der Waals surface area contributed by atoms with Gasteiger partial charge < -0.3 is 24.6 Å². The van der Waals surface area contributed by atoms with Gasteiger partial charge in [0.05, 0.1) is 31.0 Å². The van der Waals surface area contributed by atoms with Crippen molar-refractivity contribution in [2.45, 2.75) is 37.1 Å². The zero-order valence-electron chi connectivity index (χ0n) is 13.6. The first kappa shape index (κ1) is 17.1. The SMILES string of the molecule is COc1ccc(F)cc1C(=O)N1CCC2(CC1)C[C@@H](O)[C@@H](O)CO2. The molecule has 1 aromatic carbocycles. The molecule has 2 saturated heterocycles. The Kier molecular flexibility index (Phi) is 4.76. The molecule has 24 heavy (non-hydrogen) atoms. The van der Waals surface area contributed by atoms with Gasteiger partial charge in [0.15, 0.2) is 0 Å². The largest absolute Gasteiger partial charge is 0.496 e. The summed E-state index contributed by atoms with van der Waals surface area (Å²) in [6.07, 6.45) is -0.157. The summed E-state index contributed by atoms with van der Waals surface area (Å²) in [7, 11) is 1.44. The van der Waals surface area contributed by atoms with Crippen molar-refractivity contribution in [3.63, 3.8) is 0 Å². The molecule has 0 aliphatic carbocycles. The number of carbonyl (C=O) groups is 1. The summed E-state index contributed by atoms with van der Waals surface area (Å²) in [6.45, 7) is 0.996. The van der Waals surface area contributed by atoms with E-state index >= 15 is 0 Å². The van der Waals surface area contributed by atoms with E-state index in [-0.39, 0.29) is 18.1 Å². The highest BCUT2D eigenvalue weighted by atomic mass is 19.1. The predicted molar refractivity (Wildman–Crippen MR) is 83.4 cm³/mol. The van der Waals surface area contributed by atoms with Gasteiger partial charge in [-0.3, -0.25) is 4.79 Å². The van der Waals surface area contributed by atoms with Crippen molar-refractivity contribution < 1.29 is 28.9 Å². The first-order valence-corrected chi connectivity index (χ1v) is 8.07. The molecule has 0 unspecified atom stereocenters. The molecular weight excluding hydrogens is 317 g/mol. The number of halogens is 1. The highest BCUT2D eigenvalue weighted by Gasteiger charge is 2.43. The summed E-state index contributed by atoms with van der Waals surface area (Å²) >= 11 is 0. The Morgan fingerprint density at radius 2 is 2.04 bits per heavy atom. The quantitative estimate of drug-likeness (QED) is 0.839. The van der Waals surface area contributed by atoms with Gasteiger partial charge in [0.25, 0.3) is 5.91 Å². The topological polar surface area (TPSA) is 79.2 Å². The number of aliphatic hydroxyl groups is 2. The molecule has 2 heterocycles. The molecule has 132 valence electrons. The van der Waals surface area contributed by atoms with E-state index < -0.39 is 23.6 Å². The van der Waals surface area contributed by atoms with Gasteiger partial charge in [-0.05, 0) is 31.0 Å². The van der Waals surface area contributed by atoms with Crippen molar-refractivity contribution in [2.75, 3.05) is 26.8 Å². The van der Waals surface area contributed by atoms with Crippen LogP contribution < -0.4 is 4.74 Å². The second kappa shape index (κ2) is 6.66. The zero-order valence-corrected chi connectivity index (χ0v) is 13.6. The standard InChI is InChI=1S/C17H22FNO5/c1-23-15-3-2-11(18)8-12(15)16(22)19-6-4-17(5-7-19)9-13(20)14(21)10-24-17/h2-3,8,13-14,20-21H,4-7,9-10H2,1H3/t13-,14+/m1/s1. The molecule has 1 amide bonds. The number of nitrogens with zero attached hydrogens (tertiary/aromatic N) is 1. The van der Waals surface area contributed by atoms with Crippen LogP contribution in [0.3, 0.4) is 0 Å². The zero-order chi connectivity index (χ0) is 17.3. The van der Waals surface area contributed by atoms with Crippen LogP contribution in [0.25, 0.3) is 0 Å². The predicted octanol–water partition coefficient (Wildman–Crippen LogP) is 0.951. The summed E-state index contributed by atoms with van der Waals surface area (Å²) < 4.78 is 24.4. The molecule has 1 spiro atoms. The summed E-state index contributed by atoms with van der Waals surface area (Å²) in [5.41, 5.74) is -0.296. The van der Waals surface area contributed by atoms with E-state index in [1.165, 1.54) is 25.3 Å². The minimum atomic E-state index is -0.855. The maximum atomic E-state index is 13.5. The van der Waals surface area contributed by atoms with Crippen LogP contribution >= 0.6 is 0 Å². The monoisotopic (exact) mass is 339 g/mol. The number of piperidine rings is 1. The van der Waals surface area contributed by atoms with E-state index in [0.29, 0.717) is 38.1 Å². The van der Waals surface area contributed by atoms with Crippen LogP contribution in [0.5, 0.6) is 5.75 Å². The van der Waals surface area contributed by atoms with Crippen LogP contribution in [0.2, 0.25) is 0 Å². The molecule has 0 saturated carbocycles. The molecule has 0 radical (unpaired) electrons. The second-order valence-electron chi connectivity index (χ2n) is 6.47. The third-order valence-corrected chi connectivity index (χ3v) is 4.94. The van der Waals surface area contributed by atoms with E-state index in [2.05, 4.69) is 0 Å². The molecule has 0 bridgehead atoms. The lowest BCUT2D eigenvalue weighted by Gasteiger charge is -2.46. The van der Waals surface area contributed by atoms with Crippen LogP contribution in [-0.4, -0.2) is 65.6 Å². The Hall–Kier alpha value is -1.70. The number of rotatable bonds is 2. The van der Waals surface area contributed by atoms with Crippen molar-refractivity contribution >= 4 is 5.91 Å². The molecule has 2 N–H and O–H groups in total. The maximum absolute atomic E-state index is 13.5. The van der Waals surface area contributed by atoms with Crippen molar-refractivity contribution in [3.05, 3.63) is 29.6 Å². The molecule has 2 fully saturated rings. The fraction of sp³-hybridized carbons (Fsp3) is 0.588. The van der Waals surface area contributed by atoms with Gasteiger partial charge in [0, 0.05) is 19.5 Å². The van der Waals surface area contributed by atoms with Crippen LogP contribution in [0, 0.1) is 5.82 Å². The summed E-state index contributed by atoms with van der Waals surface area (Å²) in [5.74, 6) is -0.424. The number of carbonyl (C=O) groups excluding carboxylic acids is 1. The van der Waals surface area contributed by atoms with E-state index in [0.717, 1.165) is 0 Å². The van der Waals surface area contributed by atoms with E-state index in [9.17, 15) is 19.4 Å². The first-order chi connectivity index (χ1) is 11.4. The number of methoxy groups -OCH3 is 1. The minimum Gasteiger partial charge on any atom is -0.496 e. The third-order valence-electron chi connectivity index (χ3n) is 4.94. The van der Waals surface area contributed by atoms with E-state index in [4.69, 9.17) is 9.47 Å². The number of ether oxygens (including phenoxy) is 2. The lowest BCUT2D eigenvalue weighted by atomic mass is 9.82. The number of hydrogen-bond acceptors (Lipinski definition) is 5. The van der Waals surface area contributed by atoms with E-state index in [1.54, 1.807) is 4.90 Å². The first-order valence-electron chi connectivity index (χ1n) is 8.07. The fourth-order valence-corrected chi connectivity index (χ4v) is 3.43. The van der Waals surface area contributed by atoms with Gasteiger partial charge in [-0.15, -0.1) is 0 Å². The van der Waals surface area contributed by atoms with Crippen molar-refractivity contribution in [2.24, 2.45) is 0 Å². The highest BCUT2D eigenvalue weighted by molar-refractivity contribution is 5.97. The Morgan fingerprint density at radius 1 is 1.33 bits per heavy atom. The van der Waals surface area contributed by atoms with Crippen molar-refractivity contribution in [3.8, 4) is 5.75 Å². The summed E-state index contributed by atoms with van der Waals surface area (Å²) in [4.78, 5) is 14.3. The molecule has 2 aliphatic heterocycles. The van der Waals surface area contributed by atoms with Gasteiger partial charge >= 0.3 is 0 Å². The van der Waals surface area contributed by atoms with Gasteiger partial charge in [-0.1, -0.05) is 0 Å². The number of amides is 1. The average molecular weight is 339 g/mol. The Balaban J connectivity index is 1.69. The van der Waals surface area contributed by atoms with Gasteiger partial charge in [0.2, 0.25) is 0 Å². The van der Waals surface area contributed by atoms with Crippen molar-refractivity contribution in [1.82, 2.24) is 4.90 Å². The smallest absolute Gasteiger partial charge is 0.257 e. The van der Waals surface area contributed by atoms with Crippen LogP contribution in [0.4, 0.5) is 4.39 Å². The van der Waals surface area contributed by atoms with Crippen molar-refractivity contribution in [1.29, 1.82) is 0 Å². The third kappa shape index (κ3) is 3.24. The van der Waals surface area contributed by atoms with Crippen LogP contribution in [-0.2, 0) is 4.74 Å². The maximum Gasteiger partial charge on any atom is 0.257 e. The minimum absolute atomic E-state index is 0.104. The highest BCUT2D eigenvalue weighted by Crippen LogP contribution is 2.36. The van der Waals surface area contributed by atoms with E-state index in [1.807, 2.05) is 0 Å². The molecule has 2 atom stereocenters. The number of aliphatic hydroxyl groups excluding tert-OH is 2. The molecule has 3 rings (SSSR count). The molecule has 0 aromatic heterocycles. The second-order valence-corrected chi connectivity index (χ2v) is 6.47. The number of hydrogen-bond donors (Lipinski definition) is 2. The number of likely N-dealkylation sites (tertiary alicyclic amines) is 1. The Bertz CT molecular complexity index is 615.